The first-order chi connectivity index (χ1) is 17.9. The van der Waals surface area contributed by atoms with Crippen LogP contribution in [-0.4, -0.2) is 15.2 Å². The summed E-state index contributed by atoms with van der Waals surface area (Å²) < 4.78 is 6.11. The molecule has 6 aromatic rings. The quantitative estimate of drug-likeness (QED) is 0.249. The van der Waals surface area contributed by atoms with E-state index in [0.29, 0.717) is 11.8 Å². The normalized spacial score (nSPS) is 10.8. The fourth-order valence-electron chi connectivity index (χ4n) is 4.21. The van der Waals surface area contributed by atoms with E-state index < -0.39 is 0 Å². The summed E-state index contributed by atoms with van der Waals surface area (Å²) in [7, 11) is 0. The highest BCUT2D eigenvalue weighted by molar-refractivity contribution is 5.78. The Balaban J connectivity index is 1.33. The fraction of sp³-hybridized carbons (Fsp3) is 0. The van der Waals surface area contributed by atoms with Crippen molar-refractivity contribution in [2.75, 3.05) is 4.90 Å². The molecule has 0 aliphatic rings. The Morgan fingerprint density at radius 2 is 1.03 bits per heavy atom. The average Bonchev–Trinajstić information content (AvgIpc) is 3.46. The van der Waals surface area contributed by atoms with Crippen LogP contribution in [0.15, 0.2) is 138 Å². The molecule has 0 saturated carbocycles. The van der Waals surface area contributed by atoms with E-state index in [1.54, 1.807) is 6.20 Å². The molecule has 4 aromatic carbocycles. The van der Waals surface area contributed by atoms with Gasteiger partial charge in [0.2, 0.25) is 11.8 Å². The second-order valence-electron chi connectivity index (χ2n) is 8.23. The highest BCUT2D eigenvalue weighted by Crippen LogP contribution is 2.36. The van der Waals surface area contributed by atoms with E-state index in [4.69, 9.17) is 4.42 Å². The minimum atomic E-state index is 0.441. The monoisotopic (exact) mass is 466 g/mol. The first kappa shape index (κ1) is 21.5. The van der Waals surface area contributed by atoms with Crippen molar-refractivity contribution in [2.24, 2.45) is 0 Å². The Hall–Kier alpha value is -5.03. The lowest BCUT2D eigenvalue weighted by atomic mass is 10.1. The minimum Gasteiger partial charge on any atom is -0.416 e. The molecule has 0 aliphatic carbocycles. The third-order valence-electron chi connectivity index (χ3n) is 5.91. The number of para-hydroxylation sites is 2. The highest BCUT2D eigenvalue weighted by Gasteiger charge is 2.17. The molecule has 0 amide bonds. The smallest absolute Gasteiger partial charge is 0.250 e. The van der Waals surface area contributed by atoms with E-state index in [0.717, 1.165) is 39.4 Å². The average molecular weight is 467 g/mol. The Bertz CT molecular complexity index is 1520. The van der Waals surface area contributed by atoms with Crippen LogP contribution in [0.1, 0.15) is 0 Å². The van der Waals surface area contributed by atoms with Crippen molar-refractivity contribution >= 4 is 17.1 Å². The number of anilines is 3. The van der Waals surface area contributed by atoms with Crippen molar-refractivity contribution in [1.29, 1.82) is 0 Å². The van der Waals surface area contributed by atoms with Gasteiger partial charge in [-0.3, -0.25) is 4.98 Å². The molecule has 0 spiro atoms. The SMILES string of the molecule is c1ccc(-c2ncccc2-c2nnc(-c3ccc(N(c4ccccc4)c4ccccc4)cc3)o2)cc1. The lowest BCUT2D eigenvalue weighted by molar-refractivity contribution is 0.584. The summed E-state index contributed by atoms with van der Waals surface area (Å²) in [4.78, 5) is 6.78. The highest BCUT2D eigenvalue weighted by atomic mass is 16.4. The zero-order chi connectivity index (χ0) is 24.2. The van der Waals surface area contributed by atoms with Crippen molar-refractivity contribution in [1.82, 2.24) is 15.2 Å². The van der Waals surface area contributed by atoms with Gasteiger partial charge in [-0.05, 0) is 60.7 Å². The first-order valence-electron chi connectivity index (χ1n) is 11.7. The van der Waals surface area contributed by atoms with Gasteiger partial charge in [0.15, 0.2) is 0 Å². The summed E-state index contributed by atoms with van der Waals surface area (Å²) in [5.41, 5.74) is 6.67. The molecule has 0 atom stereocenters. The molecule has 2 heterocycles. The van der Waals surface area contributed by atoms with Gasteiger partial charge in [0.25, 0.3) is 0 Å². The van der Waals surface area contributed by atoms with Crippen molar-refractivity contribution in [3.05, 3.63) is 134 Å². The zero-order valence-corrected chi connectivity index (χ0v) is 19.4. The summed E-state index contributed by atoms with van der Waals surface area (Å²) in [6.45, 7) is 0. The minimum absolute atomic E-state index is 0.441. The predicted octanol–water partition coefficient (Wildman–Crippen LogP) is 7.94. The molecule has 5 heteroatoms. The van der Waals surface area contributed by atoms with Crippen molar-refractivity contribution < 1.29 is 4.42 Å². The van der Waals surface area contributed by atoms with Gasteiger partial charge in [0.05, 0.1) is 11.3 Å². The lowest BCUT2D eigenvalue weighted by Crippen LogP contribution is -2.09. The number of hydrogen-bond donors (Lipinski definition) is 0. The van der Waals surface area contributed by atoms with E-state index in [9.17, 15) is 0 Å². The molecule has 0 radical (unpaired) electrons. The van der Waals surface area contributed by atoms with Crippen LogP contribution in [0.2, 0.25) is 0 Å². The number of rotatable bonds is 6. The Morgan fingerprint density at radius 1 is 0.472 bits per heavy atom. The maximum absolute atomic E-state index is 6.11. The molecular formula is C31H22N4O. The summed E-state index contributed by atoms with van der Waals surface area (Å²) >= 11 is 0. The molecule has 36 heavy (non-hydrogen) atoms. The van der Waals surface area contributed by atoms with Crippen LogP contribution in [0.25, 0.3) is 34.2 Å². The number of benzene rings is 4. The third-order valence-corrected chi connectivity index (χ3v) is 5.91. The van der Waals surface area contributed by atoms with E-state index in [1.165, 1.54) is 0 Å². The van der Waals surface area contributed by atoms with Crippen LogP contribution in [0.4, 0.5) is 17.1 Å². The molecule has 0 bridgehead atoms. The molecular weight excluding hydrogens is 444 g/mol. The largest absolute Gasteiger partial charge is 0.416 e. The van der Waals surface area contributed by atoms with Crippen LogP contribution in [0, 0.1) is 0 Å². The topological polar surface area (TPSA) is 55.1 Å². The van der Waals surface area contributed by atoms with Gasteiger partial charge in [0, 0.05) is 34.4 Å². The number of nitrogens with zero attached hydrogens (tertiary/aromatic N) is 4. The maximum atomic E-state index is 6.11. The molecule has 5 nitrogen and oxygen atoms in total. The van der Waals surface area contributed by atoms with Gasteiger partial charge in [-0.2, -0.15) is 0 Å². The summed E-state index contributed by atoms with van der Waals surface area (Å²) in [5.74, 6) is 0.904. The van der Waals surface area contributed by atoms with Gasteiger partial charge in [-0.15, -0.1) is 10.2 Å². The third kappa shape index (κ3) is 4.26. The second kappa shape index (κ2) is 9.68. The lowest BCUT2D eigenvalue weighted by Gasteiger charge is -2.25. The number of aromatic nitrogens is 3. The van der Waals surface area contributed by atoms with Gasteiger partial charge in [0.1, 0.15) is 0 Å². The van der Waals surface area contributed by atoms with Gasteiger partial charge < -0.3 is 9.32 Å². The molecule has 2 aromatic heterocycles. The molecule has 0 N–H and O–H groups in total. The van der Waals surface area contributed by atoms with Crippen LogP contribution in [0.3, 0.4) is 0 Å². The second-order valence-corrected chi connectivity index (χ2v) is 8.23. The van der Waals surface area contributed by atoms with Crippen LogP contribution >= 0.6 is 0 Å². The van der Waals surface area contributed by atoms with Crippen molar-refractivity contribution in [3.8, 4) is 34.2 Å². The molecule has 172 valence electrons. The molecule has 0 fully saturated rings. The summed E-state index contributed by atoms with van der Waals surface area (Å²) in [6.07, 6.45) is 1.77. The Kier molecular flexibility index (Phi) is 5.78. The standard InChI is InChI=1S/C31H22N4O/c1-4-11-23(12-5-1)29-28(17-10-22-32-29)31-34-33-30(36-31)24-18-20-27(21-19-24)35(25-13-6-2-7-14-25)26-15-8-3-9-16-26/h1-22H. The zero-order valence-electron chi connectivity index (χ0n) is 19.4. The van der Waals surface area contributed by atoms with Crippen LogP contribution in [-0.2, 0) is 0 Å². The van der Waals surface area contributed by atoms with Crippen LogP contribution in [0.5, 0.6) is 0 Å². The van der Waals surface area contributed by atoms with Gasteiger partial charge in [-0.1, -0.05) is 66.7 Å². The molecule has 0 aliphatic heterocycles. The summed E-state index contributed by atoms with van der Waals surface area (Å²) in [5, 5.41) is 8.67. The first-order valence-corrected chi connectivity index (χ1v) is 11.7. The van der Waals surface area contributed by atoms with E-state index >= 15 is 0 Å². The van der Waals surface area contributed by atoms with E-state index in [2.05, 4.69) is 56.5 Å². The molecule has 0 saturated heterocycles. The molecule has 6 rings (SSSR count). The summed E-state index contributed by atoms with van der Waals surface area (Å²) in [6, 6.07) is 42.6. The van der Waals surface area contributed by atoms with Crippen LogP contribution < -0.4 is 4.90 Å². The van der Waals surface area contributed by atoms with Gasteiger partial charge >= 0.3 is 0 Å². The predicted molar refractivity (Wildman–Crippen MR) is 143 cm³/mol. The Morgan fingerprint density at radius 3 is 1.67 bits per heavy atom. The van der Waals surface area contributed by atoms with E-state index in [1.807, 2.05) is 91.0 Å². The van der Waals surface area contributed by atoms with E-state index in [-0.39, 0.29) is 0 Å². The molecule has 0 unspecified atom stereocenters. The maximum Gasteiger partial charge on any atom is 0.250 e. The Labute approximate surface area is 209 Å². The van der Waals surface area contributed by atoms with Gasteiger partial charge in [-0.25, -0.2) is 0 Å². The number of hydrogen-bond acceptors (Lipinski definition) is 5. The van der Waals surface area contributed by atoms with Crippen molar-refractivity contribution in [2.45, 2.75) is 0 Å². The number of pyridine rings is 1. The van der Waals surface area contributed by atoms with Crippen molar-refractivity contribution in [3.63, 3.8) is 0 Å². The fourth-order valence-corrected chi connectivity index (χ4v) is 4.21.